The minimum Gasteiger partial charge on any atom is -0.455 e. The molecule has 0 amide bonds. The lowest BCUT2D eigenvalue weighted by atomic mass is 9.62. The summed E-state index contributed by atoms with van der Waals surface area (Å²) in [6.45, 7) is 9.16. The van der Waals surface area contributed by atoms with E-state index in [9.17, 15) is 0 Å². The number of hydrogen-bond acceptors (Lipinski definition) is 2. The van der Waals surface area contributed by atoms with Gasteiger partial charge >= 0.3 is 0 Å². The third kappa shape index (κ3) is 2.89. The van der Waals surface area contributed by atoms with E-state index >= 15 is 0 Å². The van der Waals surface area contributed by atoms with Crippen molar-refractivity contribution in [1.29, 1.82) is 0 Å². The van der Waals surface area contributed by atoms with E-state index in [1.54, 1.807) is 12.4 Å². The molecule has 0 bridgehead atoms. The first-order valence-electron chi connectivity index (χ1n) is 13.6. The highest BCUT2D eigenvalue weighted by atomic mass is 16.3. The van der Waals surface area contributed by atoms with Gasteiger partial charge in [0.25, 0.3) is 6.33 Å². The zero-order valence-electron chi connectivity index (χ0n) is 23.8. The van der Waals surface area contributed by atoms with Crippen LogP contribution >= 0.6 is 0 Å². The van der Waals surface area contributed by atoms with Gasteiger partial charge in [0.15, 0.2) is 5.69 Å². The van der Waals surface area contributed by atoms with E-state index in [0.29, 0.717) is 0 Å². The summed E-state index contributed by atoms with van der Waals surface area (Å²) in [5.41, 5.74) is 7.41. The molecule has 34 heavy (non-hydrogen) atoms. The second-order valence-electron chi connectivity index (χ2n) is 11.3. The van der Waals surface area contributed by atoms with Gasteiger partial charge in [-0.05, 0) is 58.7 Å². The van der Waals surface area contributed by atoms with Crippen molar-refractivity contribution in [2.24, 2.45) is 7.05 Å². The van der Waals surface area contributed by atoms with Crippen LogP contribution in [0.2, 0.25) is 0 Å². The molecule has 0 radical (unpaired) electrons. The Morgan fingerprint density at radius 3 is 2.44 bits per heavy atom. The van der Waals surface area contributed by atoms with Crippen LogP contribution in [0.15, 0.2) is 53.2 Å². The third-order valence-electron chi connectivity index (χ3n) is 8.06. The number of furan rings is 1. The number of benzene rings is 3. The molecule has 2 heterocycles. The SMILES string of the molecule is [2H]C([2H])([2H])c1cc(-c2c(C)ccc3c2oc2c3ccc3ccc4c(c32)C(C)(C)CCC4(C)C)[n+](C)cn1. The molecule has 5 aromatic rings. The Bertz CT molecular complexity index is 1740. The van der Waals surface area contributed by atoms with E-state index in [1.807, 2.05) is 18.5 Å². The first-order valence-corrected chi connectivity index (χ1v) is 12.1. The lowest BCUT2D eigenvalue weighted by Gasteiger charge is -2.42. The summed E-state index contributed by atoms with van der Waals surface area (Å²) in [5, 5.41) is 4.52. The Labute approximate surface area is 205 Å². The summed E-state index contributed by atoms with van der Waals surface area (Å²) in [4.78, 5) is 4.18. The van der Waals surface area contributed by atoms with Gasteiger partial charge in [0.05, 0.1) is 12.6 Å². The van der Waals surface area contributed by atoms with E-state index < -0.39 is 6.85 Å². The van der Waals surface area contributed by atoms with Crippen LogP contribution in [0.4, 0.5) is 0 Å². The van der Waals surface area contributed by atoms with Crippen molar-refractivity contribution in [1.82, 2.24) is 4.98 Å². The molecule has 0 atom stereocenters. The minimum absolute atomic E-state index is 0.0303. The molecule has 3 nitrogen and oxygen atoms in total. The maximum Gasteiger partial charge on any atom is 0.286 e. The van der Waals surface area contributed by atoms with Crippen LogP contribution in [-0.2, 0) is 17.9 Å². The number of rotatable bonds is 1. The topological polar surface area (TPSA) is 29.9 Å². The predicted octanol–water partition coefficient (Wildman–Crippen LogP) is 7.59. The van der Waals surface area contributed by atoms with Crippen LogP contribution in [-0.4, -0.2) is 4.98 Å². The summed E-state index contributed by atoms with van der Waals surface area (Å²) in [7, 11) is 1.89. The largest absolute Gasteiger partial charge is 0.455 e. The molecule has 0 saturated carbocycles. The van der Waals surface area contributed by atoms with Gasteiger partial charge in [-0.2, -0.15) is 0 Å². The van der Waals surface area contributed by atoms with Gasteiger partial charge in [0.2, 0.25) is 0 Å². The number of nitrogens with zero attached hydrogens (tertiary/aromatic N) is 2. The Morgan fingerprint density at radius 1 is 0.941 bits per heavy atom. The van der Waals surface area contributed by atoms with Crippen molar-refractivity contribution >= 4 is 32.7 Å². The van der Waals surface area contributed by atoms with Crippen molar-refractivity contribution in [2.45, 2.75) is 65.1 Å². The molecule has 1 aliphatic carbocycles. The molecule has 0 unspecified atom stereocenters. The summed E-state index contributed by atoms with van der Waals surface area (Å²) in [6, 6.07) is 14.8. The summed E-state index contributed by atoms with van der Waals surface area (Å²) < 4.78 is 32.4. The van der Waals surface area contributed by atoms with E-state index in [-0.39, 0.29) is 16.5 Å². The molecule has 3 heteroatoms. The Morgan fingerprint density at radius 2 is 1.65 bits per heavy atom. The quantitative estimate of drug-likeness (QED) is 0.245. The Balaban J connectivity index is 1.75. The second-order valence-corrected chi connectivity index (χ2v) is 11.3. The number of hydrogen-bond donors (Lipinski definition) is 0. The van der Waals surface area contributed by atoms with Crippen molar-refractivity contribution < 1.29 is 13.1 Å². The molecule has 6 rings (SSSR count). The predicted molar refractivity (Wildman–Crippen MR) is 140 cm³/mol. The molecular formula is C31H33N2O+. The molecule has 172 valence electrons. The minimum atomic E-state index is -2.29. The number of fused-ring (bicyclic) bond motifs is 7. The van der Waals surface area contributed by atoms with Crippen LogP contribution in [0.25, 0.3) is 44.0 Å². The molecule has 0 saturated heterocycles. The fourth-order valence-electron chi connectivity index (χ4n) is 6.00. The lowest BCUT2D eigenvalue weighted by Crippen LogP contribution is -2.34. The summed E-state index contributed by atoms with van der Waals surface area (Å²) >= 11 is 0. The third-order valence-corrected chi connectivity index (χ3v) is 8.06. The molecule has 2 aromatic heterocycles. The van der Waals surface area contributed by atoms with Gasteiger partial charge in [-0.25, -0.2) is 4.57 Å². The first kappa shape index (κ1) is 18.2. The van der Waals surface area contributed by atoms with Crippen LogP contribution in [0, 0.1) is 13.8 Å². The number of aromatic nitrogens is 2. The highest BCUT2D eigenvalue weighted by molar-refractivity contribution is 6.18. The number of aryl methyl sites for hydroxylation is 3. The molecule has 1 aliphatic rings. The van der Waals surface area contributed by atoms with E-state index in [1.165, 1.54) is 21.9 Å². The average molecular weight is 453 g/mol. The maximum atomic E-state index is 7.89. The average Bonchev–Trinajstić information content (AvgIpc) is 3.20. The normalized spacial score (nSPS) is 18.6. The van der Waals surface area contributed by atoms with Gasteiger partial charge in [0.1, 0.15) is 16.9 Å². The highest BCUT2D eigenvalue weighted by Crippen LogP contribution is 2.50. The summed E-state index contributed by atoms with van der Waals surface area (Å²) in [5.74, 6) is 0. The monoisotopic (exact) mass is 452 g/mol. The van der Waals surface area contributed by atoms with E-state index in [4.69, 9.17) is 8.53 Å². The van der Waals surface area contributed by atoms with Gasteiger partial charge in [-0.3, -0.25) is 0 Å². The van der Waals surface area contributed by atoms with Gasteiger partial charge < -0.3 is 4.42 Å². The highest BCUT2D eigenvalue weighted by Gasteiger charge is 2.39. The van der Waals surface area contributed by atoms with Gasteiger partial charge in [-0.1, -0.05) is 63.0 Å². The smallest absolute Gasteiger partial charge is 0.286 e. The second kappa shape index (κ2) is 6.91. The zero-order valence-corrected chi connectivity index (χ0v) is 20.8. The summed E-state index contributed by atoms with van der Waals surface area (Å²) in [6.07, 6.45) is 3.86. The zero-order chi connectivity index (χ0) is 26.5. The van der Waals surface area contributed by atoms with Crippen LogP contribution in [0.1, 0.15) is 67.0 Å². The van der Waals surface area contributed by atoms with E-state index in [2.05, 4.69) is 69.1 Å². The standard InChI is InChI=1S/C31H33N2O/c1-18-8-11-21-22-12-9-20-10-13-23-27(31(5,6)15-14-30(23,3)4)26(20)29(22)34-28(21)25(18)24-16-19(2)32-17-33(24)7/h8-13,16-17H,14-15H2,1-7H3/q+1/i2D3. The molecule has 3 aromatic carbocycles. The lowest BCUT2D eigenvalue weighted by molar-refractivity contribution is -0.663. The van der Waals surface area contributed by atoms with E-state index in [0.717, 1.165) is 51.6 Å². The van der Waals surface area contributed by atoms with Gasteiger partial charge in [-0.15, -0.1) is 0 Å². The Hall–Kier alpha value is -3.20. The van der Waals surface area contributed by atoms with Crippen LogP contribution < -0.4 is 4.57 Å². The Kier molecular flexibility index (Phi) is 3.69. The fourth-order valence-corrected chi connectivity index (χ4v) is 6.00. The molecular weight excluding hydrogens is 416 g/mol. The molecule has 0 aliphatic heterocycles. The molecule has 0 fully saturated rings. The molecule has 0 N–H and O–H groups in total. The fraction of sp³-hybridized carbons (Fsp3) is 0.355. The first-order chi connectivity index (χ1) is 17.3. The van der Waals surface area contributed by atoms with Crippen molar-refractivity contribution in [2.75, 3.05) is 0 Å². The van der Waals surface area contributed by atoms with Crippen molar-refractivity contribution in [3.8, 4) is 11.3 Å². The van der Waals surface area contributed by atoms with Gasteiger partial charge in [0, 0.05) is 33.2 Å². The van der Waals surface area contributed by atoms with Crippen molar-refractivity contribution in [3.63, 3.8) is 0 Å². The maximum absolute atomic E-state index is 7.89. The van der Waals surface area contributed by atoms with Crippen molar-refractivity contribution in [3.05, 3.63) is 71.2 Å². The van der Waals surface area contributed by atoms with Crippen LogP contribution in [0.5, 0.6) is 0 Å². The van der Waals surface area contributed by atoms with Crippen LogP contribution in [0.3, 0.4) is 0 Å². The molecule has 0 spiro atoms.